The van der Waals surface area contributed by atoms with Crippen molar-refractivity contribution in [2.45, 2.75) is 31.2 Å². The Kier molecular flexibility index (Phi) is 7.40. The summed E-state index contributed by atoms with van der Waals surface area (Å²) in [6, 6.07) is 32.1. The number of carbonyl (C=O) groups excluding carboxylic acids is 2. The van der Waals surface area contributed by atoms with Gasteiger partial charge in [-0.25, -0.2) is 0 Å². The zero-order valence-electron chi connectivity index (χ0n) is 24.7. The summed E-state index contributed by atoms with van der Waals surface area (Å²) >= 11 is 0. The van der Waals surface area contributed by atoms with Crippen LogP contribution in [-0.2, 0) is 21.5 Å². The number of hydrogen-bond acceptors (Lipinski definition) is 4. The first kappa shape index (κ1) is 27.9. The van der Waals surface area contributed by atoms with E-state index < -0.39 is 5.41 Å². The fourth-order valence-electron chi connectivity index (χ4n) is 7.12. The number of morpholine rings is 1. The number of aromatic nitrogens is 1. The summed E-state index contributed by atoms with van der Waals surface area (Å²) in [6.07, 6.45) is 4.44. The number of hydrogen-bond donors (Lipinski definition) is 2. The summed E-state index contributed by atoms with van der Waals surface area (Å²) in [5.41, 5.74) is 13.0. The van der Waals surface area contributed by atoms with E-state index in [2.05, 4.69) is 57.4 Å². The van der Waals surface area contributed by atoms with Gasteiger partial charge in [-0.1, -0.05) is 66.7 Å². The molecule has 5 aromatic rings. The number of benzene rings is 4. The lowest BCUT2D eigenvalue weighted by Crippen LogP contribution is -2.40. The minimum Gasteiger partial charge on any atom is -0.378 e. The smallest absolute Gasteiger partial charge is 0.257 e. The average Bonchev–Trinajstić information content (AvgIpc) is 3.61. The van der Waals surface area contributed by atoms with Crippen LogP contribution in [0.3, 0.4) is 0 Å². The molecule has 0 spiro atoms. The van der Waals surface area contributed by atoms with Crippen molar-refractivity contribution in [2.75, 3.05) is 36.5 Å². The van der Waals surface area contributed by atoms with Gasteiger partial charge in [0.2, 0.25) is 5.91 Å². The minimum absolute atomic E-state index is 0.124. The van der Waals surface area contributed by atoms with Crippen LogP contribution < -0.4 is 16.0 Å². The normalized spacial score (nSPS) is 15.1. The first-order valence-electron chi connectivity index (χ1n) is 15.4. The Balaban J connectivity index is 1.07. The number of nitrogens with two attached hydrogens (primary N) is 1. The average molecular weight is 585 g/mol. The fraction of sp³-hybridized carbons (Fsp3) is 0.243. The van der Waals surface area contributed by atoms with Crippen LogP contribution in [-0.4, -0.2) is 42.7 Å². The van der Waals surface area contributed by atoms with E-state index in [-0.39, 0.29) is 11.8 Å². The molecule has 44 heavy (non-hydrogen) atoms. The van der Waals surface area contributed by atoms with Crippen LogP contribution in [0.4, 0.5) is 11.4 Å². The van der Waals surface area contributed by atoms with Gasteiger partial charge in [0.1, 0.15) is 0 Å². The van der Waals surface area contributed by atoms with Crippen LogP contribution in [0.15, 0.2) is 103 Å². The van der Waals surface area contributed by atoms with Crippen molar-refractivity contribution in [1.82, 2.24) is 4.57 Å². The molecule has 222 valence electrons. The monoisotopic (exact) mass is 584 g/mol. The lowest BCUT2D eigenvalue weighted by Gasteiger charge is -2.30. The van der Waals surface area contributed by atoms with Crippen molar-refractivity contribution in [1.29, 1.82) is 0 Å². The molecule has 1 saturated heterocycles. The number of para-hydroxylation sites is 1. The maximum atomic E-state index is 13.5. The topological polar surface area (TPSA) is 89.6 Å². The first-order valence-corrected chi connectivity index (χ1v) is 15.4. The van der Waals surface area contributed by atoms with Gasteiger partial charge in [0, 0.05) is 36.9 Å². The van der Waals surface area contributed by atoms with Gasteiger partial charge >= 0.3 is 0 Å². The molecule has 4 aromatic carbocycles. The summed E-state index contributed by atoms with van der Waals surface area (Å²) in [5, 5.41) is 4.17. The van der Waals surface area contributed by atoms with Gasteiger partial charge in [-0.05, 0) is 71.8 Å². The van der Waals surface area contributed by atoms with Crippen molar-refractivity contribution in [3.8, 4) is 11.1 Å². The first-order chi connectivity index (χ1) is 21.6. The Morgan fingerprint density at radius 2 is 1.48 bits per heavy atom. The van der Waals surface area contributed by atoms with Crippen molar-refractivity contribution in [2.24, 2.45) is 5.73 Å². The number of rotatable bonds is 9. The lowest BCUT2D eigenvalue weighted by atomic mass is 9.73. The molecule has 2 heterocycles. The van der Waals surface area contributed by atoms with E-state index in [1.165, 1.54) is 0 Å². The van der Waals surface area contributed by atoms with E-state index in [0.717, 1.165) is 77.0 Å². The summed E-state index contributed by atoms with van der Waals surface area (Å²) < 4.78 is 7.73. The van der Waals surface area contributed by atoms with Gasteiger partial charge in [0.05, 0.1) is 35.4 Å². The van der Waals surface area contributed by atoms with Crippen LogP contribution in [0.25, 0.3) is 22.0 Å². The molecular formula is C37H36N4O3. The molecule has 0 saturated carbocycles. The highest BCUT2D eigenvalue weighted by molar-refractivity contribution is 6.11. The van der Waals surface area contributed by atoms with Gasteiger partial charge in [0.15, 0.2) is 0 Å². The number of amides is 2. The number of nitrogens with zero attached hydrogens (tertiary/aromatic N) is 2. The molecule has 1 aliphatic heterocycles. The Bertz CT molecular complexity index is 1810. The largest absolute Gasteiger partial charge is 0.378 e. The highest BCUT2D eigenvalue weighted by atomic mass is 16.5. The molecule has 2 aliphatic rings. The van der Waals surface area contributed by atoms with Gasteiger partial charge in [-0.15, -0.1) is 0 Å². The Labute approximate surface area is 257 Å². The van der Waals surface area contributed by atoms with Crippen molar-refractivity contribution >= 4 is 34.1 Å². The van der Waals surface area contributed by atoms with Crippen LogP contribution in [0, 0.1) is 0 Å². The predicted molar refractivity (Wildman–Crippen MR) is 175 cm³/mol. The van der Waals surface area contributed by atoms with Gasteiger partial charge in [-0.2, -0.15) is 0 Å². The fourth-order valence-corrected chi connectivity index (χ4v) is 7.12. The molecule has 1 aromatic heterocycles. The molecule has 7 heteroatoms. The molecule has 0 unspecified atom stereocenters. The Hall–Kier alpha value is -4.88. The van der Waals surface area contributed by atoms with E-state index in [1.807, 2.05) is 60.7 Å². The quantitative estimate of drug-likeness (QED) is 0.198. The third-order valence-electron chi connectivity index (χ3n) is 9.25. The summed E-state index contributed by atoms with van der Waals surface area (Å²) in [5.74, 6) is -0.418. The molecular weight excluding hydrogens is 548 g/mol. The Morgan fingerprint density at radius 3 is 2.20 bits per heavy atom. The maximum absolute atomic E-state index is 13.5. The minimum atomic E-state index is -0.819. The van der Waals surface area contributed by atoms with Crippen LogP contribution in [0.2, 0.25) is 0 Å². The molecule has 7 rings (SSSR count). The van der Waals surface area contributed by atoms with Crippen LogP contribution in [0.5, 0.6) is 0 Å². The second kappa shape index (κ2) is 11.7. The second-order valence-corrected chi connectivity index (χ2v) is 11.6. The molecule has 1 aliphatic carbocycles. The van der Waals surface area contributed by atoms with Crippen molar-refractivity contribution < 1.29 is 14.3 Å². The molecule has 7 nitrogen and oxygen atoms in total. The van der Waals surface area contributed by atoms with Crippen molar-refractivity contribution in [3.05, 3.63) is 120 Å². The number of unbranched alkanes of at least 4 members (excludes halogenated alkanes) is 1. The van der Waals surface area contributed by atoms with E-state index in [4.69, 9.17) is 10.5 Å². The number of ether oxygens (including phenoxy) is 1. The zero-order chi connectivity index (χ0) is 30.1. The maximum Gasteiger partial charge on any atom is 0.257 e. The number of anilines is 2. The second-order valence-electron chi connectivity index (χ2n) is 11.6. The van der Waals surface area contributed by atoms with Crippen LogP contribution in [0.1, 0.15) is 40.7 Å². The van der Waals surface area contributed by atoms with E-state index in [9.17, 15) is 9.59 Å². The molecule has 0 radical (unpaired) electrons. The summed E-state index contributed by atoms with van der Waals surface area (Å²) in [7, 11) is 0. The van der Waals surface area contributed by atoms with Gasteiger partial charge < -0.3 is 25.3 Å². The lowest BCUT2D eigenvalue weighted by molar-refractivity contribution is -0.122. The molecule has 2 amide bonds. The van der Waals surface area contributed by atoms with E-state index in [0.29, 0.717) is 25.2 Å². The molecule has 1 fully saturated rings. The third kappa shape index (κ3) is 4.74. The number of carbonyl (C=O) groups is 2. The molecule has 3 N–H and O–H groups in total. The number of nitrogens with one attached hydrogen (secondary N) is 1. The van der Waals surface area contributed by atoms with E-state index in [1.54, 1.807) is 0 Å². The summed E-state index contributed by atoms with van der Waals surface area (Å²) in [4.78, 5) is 28.9. The standard InChI is InChI=1S/C37H36N4O3/c38-36(43)37(30-13-4-1-10-26(30)27-11-2-5-14-31(27)37)19-7-8-20-40-21-18-28-32(15-9-17-33(28)40)39-35(42)29-12-3-6-16-34(29)41-22-24-44-25-23-41/h1-6,9-18,21H,7-8,19-20,22-25H2,(H2,38,43)(H,39,42). The predicted octanol–water partition coefficient (Wildman–Crippen LogP) is 6.35. The van der Waals surface area contributed by atoms with Gasteiger partial charge in [0.25, 0.3) is 5.91 Å². The molecule has 0 bridgehead atoms. The number of primary amides is 1. The third-order valence-corrected chi connectivity index (χ3v) is 9.25. The highest BCUT2D eigenvalue weighted by Gasteiger charge is 2.47. The zero-order valence-corrected chi connectivity index (χ0v) is 24.7. The van der Waals surface area contributed by atoms with Gasteiger partial charge in [-0.3, -0.25) is 9.59 Å². The van der Waals surface area contributed by atoms with Crippen molar-refractivity contribution in [3.63, 3.8) is 0 Å². The SMILES string of the molecule is NC(=O)C1(CCCCn2ccc3c(NC(=O)c4ccccc4N4CCOCC4)cccc32)c2ccccc2-c2ccccc21. The number of aryl methyl sites for hydroxylation is 1. The highest BCUT2D eigenvalue weighted by Crippen LogP contribution is 2.51. The Morgan fingerprint density at radius 1 is 0.795 bits per heavy atom. The number of fused-ring (bicyclic) bond motifs is 4. The van der Waals surface area contributed by atoms with Crippen LogP contribution >= 0.6 is 0 Å². The summed E-state index contributed by atoms with van der Waals surface area (Å²) in [6.45, 7) is 3.64. The molecule has 0 atom stereocenters. The van der Waals surface area contributed by atoms with E-state index >= 15 is 0 Å².